The van der Waals surface area contributed by atoms with Crippen LogP contribution in [-0.4, -0.2) is 28.0 Å². The predicted octanol–water partition coefficient (Wildman–Crippen LogP) is 4.03. The van der Waals surface area contributed by atoms with Gasteiger partial charge < -0.3 is 10.1 Å². The largest absolute Gasteiger partial charge is 0.489 e. The van der Waals surface area contributed by atoms with Crippen molar-refractivity contribution >= 4 is 22.5 Å². The Labute approximate surface area is 156 Å². The van der Waals surface area contributed by atoms with Crippen LogP contribution in [0.15, 0.2) is 47.5 Å². The topological polar surface area (TPSA) is 68.3 Å². The predicted molar refractivity (Wildman–Crippen MR) is 103 cm³/mol. The zero-order valence-corrected chi connectivity index (χ0v) is 15.8. The highest BCUT2D eigenvalue weighted by Gasteiger charge is 2.16. The van der Waals surface area contributed by atoms with E-state index in [0.29, 0.717) is 34.6 Å². The number of ether oxygens (including phenoxy) is 1. The molecule has 0 unspecified atom stereocenters. The van der Waals surface area contributed by atoms with Gasteiger partial charge in [0, 0.05) is 33.7 Å². The van der Waals surface area contributed by atoms with Crippen LogP contribution in [0.1, 0.15) is 42.5 Å². The Morgan fingerprint density at radius 2 is 1.92 bits per heavy atom. The Balaban J connectivity index is 1.65. The van der Waals surface area contributed by atoms with E-state index in [1.54, 1.807) is 42.8 Å². The summed E-state index contributed by atoms with van der Waals surface area (Å²) in [5, 5.41) is 2.81. The lowest BCUT2D eigenvalue weighted by molar-refractivity contribution is 0.102. The number of nitrogens with one attached hydrogen (secondary N) is 1. The molecule has 0 aliphatic heterocycles. The fourth-order valence-electron chi connectivity index (χ4n) is 3.14. The summed E-state index contributed by atoms with van der Waals surface area (Å²) >= 11 is 0. The molecule has 138 valence electrons. The molecule has 6 heteroatoms. The molecule has 1 atom stereocenters. The molecule has 0 radical (unpaired) electrons. The van der Waals surface area contributed by atoms with Crippen LogP contribution in [0.2, 0.25) is 0 Å². The van der Waals surface area contributed by atoms with Crippen molar-refractivity contribution in [3.63, 3.8) is 0 Å². The van der Waals surface area contributed by atoms with Crippen molar-refractivity contribution in [2.24, 2.45) is 5.92 Å². The Hall–Kier alpha value is -2.21. The zero-order chi connectivity index (χ0) is 18.4. The molecule has 5 nitrogen and oxygen atoms in total. The number of rotatable bonds is 6. The summed E-state index contributed by atoms with van der Waals surface area (Å²) in [6, 6.07) is 10.4. The molecular weight excluding hydrogens is 348 g/mol. The summed E-state index contributed by atoms with van der Waals surface area (Å²) in [6.07, 6.45) is 9.49. The molecule has 1 aliphatic rings. The second-order valence-electron chi connectivity index (χ2n) is 6.60. The highest BCUT2D eigenvalue weighted by molar-refractivity contribution is 7.84. The van der Waals surface area contributed by atoms with Crippen molar-refractivity contribution in [2.45, 2.75) is 37.0 Å². The summed E-state index contributed by atoms with van der Waals surface area (Å²) in [5.74, 6) is 1.34. The minimum atomic E-state index is -1.06. The number of nitrogens with zero attached hydrogens (tertiary/aromatic N) is 1. The fraction of sp³-hybridized carbons (Fsp3) is 0.400. The molecule has 1 amide bonds. The molecular formula is C20H24N2O3S. The van der Waals surface area contributed by atoms with Gasteiger partial charge in [-0.1, -0.05) is 19.3 Å². The maximum atomic E-state index is 12.5. The average molecular weight is 372 g/mol. The van der Waals surface area contributed by atoms with Gasteiger partial charge in [0.2, 0.25) is 0 Å². The van der Waals surface area contributed by atoms with Gasteiger partial charge >= 0.3 is 0 Å². The second-order valence-corrected chi connectivity index (χ2v) is 7.98. The van der Waals surface area contributed by atoms with Gasteiger partial charge in [-0.15, -0.1) is 0 Å². The minimum Gasteiger partial charge on any atom is -0.489 e. The first-order chi connectivity index (χ1) is 12.6. The summed E-state index contributed by atoms with van der Waals surface area (Å²) in [5.41, 5.74) is 0.489. The van der Waals surface area contributed by atoms with E-state index in [1.165, 1.54) is 32.1 Å². The molecule has 1 fully saturated rings. The number of hydrogen-bond acceptors (Lipinski definition) is 4. The fourth-order valence-corrected chi connectivity index (χ4v) is 3.66. The van der Waals surface area contributed by atoms with Crippen LogP contribution in [0.3, 0.4) is 0 Å². The smallest absolute Gasteiger partial charge is 0.256 e. The summed E-state index contributed by atoms with van der Waals surface area (Å²) in [4.78, 5) is 17.4. The molecule has 1 aromatic carbocycles. The van der Waals surface area contributed by atoms with Crippen LogP contribution in [0.5, 0.6) is 5.75 Å². The highest BCUT2D eigenvalue weighted by atomic mass is 32.2. The molecule has 1 heterocycles. The van der Waals surface area contributed by atoms with Crippen molar-refractivity contribution in [1.82, 2.24) is 4.98 Å². The van der Waals surface area contributed by atoms with Crippen LogP contribution in [0, 0.1) is 5.92 Å². The molecule has 1 N–H and O–H groups in total. The van der Waals surface area contributed by atoms with Gasteiger partial charge in [0.05, 0.1) is 6.61 Å². The monoisotopic (exact) mass is 372 g/mol. The number of carbonyl (C=O) groups is 1. The number of aromatic nitrogens is 1. The van der Waals surface area contributed by atoms with E-state index >= 15 is 0 Å². The van der Waals surface area contributed by atoms with Crippen molar-refractivity contribution in [3.05, 3.63) is 48.2 Å². The lowest BCUT2D eigenvalue weighted by Crippen LogP contribution is -2.17. The lowest BCUT2D eigenvalue weighted by Gasteiger charge is -2.22. The second kappa shape index (κ2) is 8.94. The van der Waals surface area contributed by atoms with Gasteiger partial charge in [0.15, 0.2) is 11.6 Å². The minimum absolute atomic E-state index is 0.264. The summed E-state index contributed by atoms with van der Waals surface area (Å²) < 4.78 is 17.4. The van der Waals surface area contributed by atoms with Gasteiger partial charge in [0.25, 0.3) is 5.91 Å². The van der Waals surface area contributed by atoms with Gasteiger partial charge in [0.1, 0.15) is 0 Å². The van der Waals surface area contributed by atoms with Gasteiger partial charge in [-0.25, -0.2) is 4.98 Å². The number of benzene rings is 1. The molecule has 3 rings (SSSR count). The van der Waals surface area contributed by atoms with Gasteiger partial charge in [-0.3, -0.25) is 9.00 Å². The number of carbonyl (C=O) groups excluding carboxylic acids is 1. The molecule has 1 saturated carbocycles. The van der Waals surface area contributed by atoms with Crippen molar-refractivity contribution in [1.29, 1.82) is 0 Å². The first-order valence-corrected chi connectivity index (χ1v) is 10.5. The molecule has 26 heavy (non-hydrogen) atoms. The number of pyridine rings is 1. The Morgan fingerprint density at radius 3 is 2.62 bits per heavy atom. The van der Waals surface area contributed by atoms with E-state index in [2.05, 4.69) is 10.3 Å². The summed E-state index contributed by atoms with van der Waals surface area (Å²) in [7, 11) is -1.06. The molecule has 0 spiro atoms. The van der Waals surface area contributed by atoms with E-state index in [1.807, 2.05) is 6.07 Å². The van der Waals surface area contributed by atoms with Crippen molar-refractivity contribution in [3.8, 4) is 5.75 Å². The lowest BCUT2D eigenvalue weighted by atomic mass is 9.90. The molecule has 0 saturated heterocycles. The van der Waals surface area contributed by atoms with E-state index in [0.717, 1.165) is 0 Å². The average Bonchev–Trinajstić information content (AvgIpc) is 2.68. The quantitative estimate of drug-likeness (QED) is 0.831. The first kappa shape index (κ1) is 18.6. The Bertz CT molecular complexity index is 771. The molecule has 2 aromatic rings. The number of anilines is 1. The Kier molecular flexibility index (Phi) is 6.39. The van der Waals surface area contributed by atoms with E-state index in [4.69, 9.17) is 4.74 Å². The van der Waals surface area contributed by atoms with Crippen LogP contribution in [0.25, 0.3) is 0 Å². The maximum Gasteiger partial charge on any atom is 0.256 e. The van der Waals surface area contributed by atoms with Gasteiger partial charge in [-0.2, -0.15) is 0 Å². The van der Waals surface area contributed by atoms with E-state index in [-0.39, 0.29) is 5.91 Å². The van der Waals surface area contributed by atoms with E-state index < -0.39 is 10.8 Å². The standard InChI is InChI=1S/C20H24N2O3S/c1-26(24)17-11-9-16(10-12-17)20(23)22-19-18(8-5-13-21-19)25-14-15-6-3-2-4-7-15/h5,8-13,15H,2-4,6-7,14H2,1H3,(H,21,22,23)/t26-/m1/s1. The van der Waals surface area contributed by atoms with Crippen molar-refractivity contribution in [2.75, 3.05) is 18.2 Å². The first-order valence-electron chi connectivity index (χ1n) is 8.96. The SMILES string of the molecule is C[S@@](=O)c1ccc(C(=O)Nc2ncccc2OCC2CCCCC2)cc1. The Morgan fingerprint density at radius 1 is 1.19 bits per heavy atom. The zero-order valence-electron chi connectivity index (χ0n) is 14.9. The number of hydrogen-bond donors (Lipinski definition) is 1. The van der Waals surface area contributed by atoms with E-state index in [9.17, 15) is 9.00 Å². The maximum absolute atomic E-state index is 12.5. The van der Waals surface area contributed by atoms with Gasteiger partial charge in [-0.05, 0) is 55.2 Å². The van der Waals surface area contributed by atoms with Crippen LogP contribution >= 0.6 is 0 Å². The molecule has 0 bridgehead atoms. The molecule has 1 aliphatic carbocycles. The van der Waals surface area contributed by atoms with Crippen LogP contribution < -0.4 is 10.1 Å². The third-order valence-corrected chi connectivity index (χ3v) is 5.59. The van der Waals surface area contributed by atoms with Crippen molar-refractivity contribution < 1.29 is 13.7 Å². The molecule has 1 aromatic heterocycles. The highest BCUT2D eigenvalue weighted by Crippen LogP contribution is 2.27. The third kappa shape index (κ3) is 4.91. The summed E-state index contributed by atoms with van der Waals surface area (Å²) in [6.45, 7) is 0.658. The number of amides is 1. The normalized spacial score (nSPS) is 16.0. The van der Waals surface area contributed by atoms with Crippen LogP contribution in [0.4, 0.5) is 5.82 Å². The van der Waals surface area contributed by atoms with Crippen LogP contribution in [-0.2, 0) is 10.8 Å². The third-order valence-electron chi connectivity index (χ3n) is 4.65.